The van der Waals surface area contributed by atoms with Crippen molar-refractivity contribution in [3.63, 3.8) is 0 Å². The average molecular weight is 244 g/mol. The molecule has 92 valence electrons. The first kappa shape index (κ1) is 12.1. The van der Waals surface area contributed by atoms with E-state index < -0.39 is 5.82 Å². The molecule has 1 aromatic heterocycles. The molecule has 1 N–H and O–H groups in total. The monoisotopic (exact) mass is 244 g/mol. The molecule has 2 aromatic rings. The molecule has 2 rings (SSSR count). The molecular formula is C13H13FN4. The number of nitriles is 1. The fourth-order valence-corrected chi connectivity index (χ4v) is 1.78. The lowest BCUT2D eigenvalue weighted by molar-refractivity contribution is 0.627. The van der Waals surface area contributed by atoms with Crippen molar-refractivity contribution in [2.45, 2.75) is 13.5 Å². The van der Waals surface area contributed by atoms with Gasteiger partial charge in [0.2, 0.25) is 0 Å². The van der Waals surface area contributed by atoms with Crippen molar-refractivity contribution in [3.05, 3.63) is 47.0 Å². The van der Waals surface area contributed by atoms with Crippen LogP contribution in [0.4, 0.5) is 10.1 Å². The number of rotatable bonds is 3. The van der Waals surface area contributed by atoms with Crippen molar-refractivity contribution >= 4 is 5.69 Å². The van der Waals surface area contributed by atoms with Crippen LogP contribution in [0.15, 0.2) is 24.4 Å². The van der Waals surface area contributed by atoms with E-state index in [1.807, 2.05) is 26.2 Å². The second-order valence-corrected chi connectivity index (χ2v) is 4.11. The maximum atomic E-state index is 13.2. The molecule has 0 aliphatic heterocycles. The number of hydrogen-bond donors (Lipinski definition) is 1. The minimum atomic E-state index is -0.417. The van der Waals surface area contributed by atoms with Gasteiger partial charge in [0.1, 0.15) is 5.82 Å². The number of halogens is 1. The molecule has 0 aliphatic rings. The number of nitrogens with one attached hydrogen (secondary N) is 1. The average Bonchev–Trinajstić information content (AvgIpc) is 2.64. The predicted molar refractivity (Wildman–Crippen MR) is 66.4 cm³/mol. The molecule has 0 saturated carbocycles. The van der Waals surface area contributed by atoms with E-state index in [2.05, 4.69) is 10.4 Å². The van der Waals surface area contributed by atoms with Crippen LogP contribution in [-0.2, 0) is 13.6 Å². The summed E-state index contributed by atoms with van der Waals surface area (Å²) in [6.07, 6.45) is 1.91. The molecule has 4 nitrogen and oxygen atoms in total. The Morgan fingerprint density at radius 2 is 2.22 bits per heavy atom. The van der Waals surface area contributed by atoms with Crippen LogP contribution in [0.25, 0.3) is 0 Å². The van der Waals surface area contributed by atoms with Crippen molar-refractivity contribution in [1.82, 2.24) is 9.78 Å². The minimum Gasteiger partial charge on any atom is -0.381 e. The van der Waals surface area contributed by atoms with E-state index in [4.69, 9.17) is 5.26 Å². The van der Waals surface area contributed by atoms with Gasteiger partial charge in [-0.05, 0) is 25.1 Å². The van der Waals surface area contributed by atoms with Gasteiger partial charge < -0.3 is 5.32 Å². The van der Waals surface area contributed by atoms with Gasteiger partial charge in [0.05, 0.1) is 17.3 Å². The topological polar surface area (TPSA) is 53.6 Å². The lowest BCUT2D eigenvalue weighted by Crippen LogP contribution is -2.00. The first-order valence-corrected chi connectivity index (χ1v) is 5.52. The van der Waals surface area contributed by atoms with Crippen molar-refractivity contribution in [2.24, 2.45) is 7.05 Å². The summed E-state index contributed by atoms with van der Waals surface area (Å²) in [5.74, 6) is -0.417. The van der Waals surface area contributed by atoms with Gasteiger partial charge in [-0.15, -0.1) is 0 Å². The Bertz CT molecular complexity index is 610. The summed E-state index contributed by atoms with van der Waals surface area (Å²) < 4.78 is 15.0. The van der Waals surface area contributed by atoms with Crippen LogP contribution in [0.2, 0.25) is 0 Å². The van der Waals surface area contributed by atoms with Crippen molar-refractivity contribution in [1.29, 1.82) is 5.26 Å². The standard InChI is InChI=1S/C13H13FN4/c1-9-11(8-18(2)17-9)7-16-13-4-10(6-15)3-12(14)5-13/h3-5,8,16H,7H2,1-2H3. The molecule has 18 heavy (non-hydrogen) atoms. The normalized spacial score (nSPS) is 10.1. The maximum absolute atomic E-state index is 13.2. The fourth-order valence-electron chi connectivity index (χ4n) is 1.78. The Morgan fingerprint density at radius 3 is 2.83 bits per heavy atom. The lowest BCUT2D eigenvalue weighted by atomic mass is 10.2. The van der Waals surface area contributed by atoms with Gasteiger partial charge in [-0.1, -0.05) is 0 Å². The van der Waals surface area contributed by atoms with Crippen LogP contribution in [0, 0.1) is 24.1 Å². The van der Waals surface area contributed by atoms with Crippen LogP contribution in [0.5, 0.6) is 0 Å². The molecule has 1 heterocycles. The third kappa shape index (κ3) is 2.66. The summed E-state index contributed by atoms with van der Waals surface area (Å²) in [4.78, 5) is 0. The summed E-state index contributed by atoms with van der Waals surface area (Å²) in [6.45, 7) is 2.47. The van der Waals surface area contributed by atoms with E-state index in [1.54, 1.807) is 10.7 Å². The molecule has 0 unspecified atom stereocenters. The highest BCUT2D eigenvalue weighted by molar-refractivity contribution is 5.50. The Kier molecular flexibility index (Phi) is 3.28. The number of aromatic nitrogens is 2. The smallest absolute Gasteiger partial charge is 0.126 e. The largest absolute Gasteiger partial charge is 0.381 e. The fraction of sp³-hybridized carbons (Fsp3) is 0.231. The highest BCUT2D eigenvalue weighted by Gasteiger charge is 2.04. The molecule has 0 saturated heterocycles. The van der Waals surface area contributed by atoms with E-state index >= 15 is 0 Å². The van der Waals surface area contributed by atoms with Gasteiger partial charge in [-0.2, -0.15) is 10.4 Å². The number of aryl methyl sites for hydroxylation is 2. The summed E-state index contributed by atoms with van der Waals surface area (Å²) in [5.41, 5.74) is 2.87. The van der Waals surface area contributed by atoms with E-state index in [1.165, 1.54) is 12.1 Å². The number of nitrogens with zero attached hydrogens (tertiary/aromatic N) is 3. The molecule has 5 heteroatoms. The Labute approximate surface area is 105 Å². The van der Waals surface area contributed by atoms with Crippen LogP contribution in [0.1, 0.15) is 16.8 Å². The molecule has 0 bridgehead atoms. The quantitative estimate of drug-likeness (QED) is 0.901. The van der Waals surface area contributed by atoms with Crippen molar-refractivity contribution < 1.29 is 4.39 Å². The zero-order valence-corrected chi connectivity index (χ0v) is 10.2. The zero-order chi connectivity index (χ0) is 13.1. The molecule has 0 atom stereocenters. The molecule has 0 spiro atoms. The van der Waals surface area contributed by atoms with Crippen molar-refractivity contribution in [3.8, 4) is 6.07 Å². The molecule has 0 fully saturated rings. The first-order chi connectivity index (χ1) is 8.58. The van der Waals surface area contributed by atoms with Gasteiger partial charge in [-0.25, -0.2) is 4.39 Å². The van der Waals surface area contributed by atoms with Crippen LogP contribution in [0.3, 0.4) is 0 Å². The second-order valence-electron chi connectivity index (χ2n) is 4.11. The lowest BCUT2D eigenvalue weighted by Gasteiger charge is -2.06. The number of benzene rings is 1. The zero-order valence-electron chi connectivity index (χ0n) is 10.2. The van der Waals surface area contributed by atoms with E-state index in [0.717, 1.165) is 11.3 Å². The summed E-state index contributed by atoms with van der Waals surface area (Å²) in [5, 5.41) is 16.1. The van der Waals surface area contributed by atoms with Gasteiger partial charge in [0.15, 0.2) is 0 Å². The molecule has 1 aromatic carbocycles. The van der Waals surface area contributed by atoms with Gasteiger partial charge in [0.25, 0.3) is 0 Å². The molecular weight excluding hydrogens is 231 g/mol. The molecule has 0 radical (unpaired) electrons. The highest BCUT2D eigenvalue weighted by atomic mass is 19.1. The third-order valence-corrected chi connectivity index (χ3v) is 2.62. The van der Waals surface area contributed by atoms with E-state index in [9.17, 15) is 4.39 Å². The molecule has 0 aliphatic carbocycles. The number of hydrogen-bond acceptors (Lipinski definition) is 3. The van der Waals surface area contributed by atoms with Gasteiger partial charge in [0, 0.05) is 31.0 Å². The Morgan fingerprint density at radius 1 is 1.44 bits per heavy atom. The van der Waals surface area contributed by atoms with Gasteiger partial charge in [-0.3, -0.25) is 4.68 Å². The SMILES string of the molecule is Cc1nn(C)cc1CNc1cc(F)cc(C#N)c1. The Hall–Kier alpha value is -2.35. The number of anilines is 1. The van der Waals surface area contributed by atoms with E-state index in [0.29, 0.717) is 17.8 Å². The third-order valence-electron chi connectivity index (χ3n) is 2.62. The van der Waals surface area contributed by atoms with Crippen LogP contribution < -0.4 is 5.32 Å². The summed E-state index contributed by atoms with van der Waals surface area (Å²) in [6, 6.07) is 6.12. The second kappa shape index (κ2) is 4.88. The first-order valence-electron chi connectivity index (χ1n) is 5.52. The Balaban J connectivity index is 2.13. The highest BCUT2D eigenvalue weighted by Crippen LogP contribution is 2.15. The summed E-state index contributed by atoms with van der Waals surface area (Å²) >= 11 is 0. The van der Waals surface area contributed by atoms with Crippen LogP contribution in [-0.4, -0.2) is 9.78 Å². The van der Waals surface area contributed by atoms with E-state index in [-0.39, 0.29) is 0 Å². The molecule has 0 amide bonds. The van der Waals surface area contributed by atoms with Crippen LogP contribution >= 0.6 is 0 Å². The summed E-state index contributed by atoms with van der Waals surface area (Å²) in [7, 11) is 1.85. The minimum absolute atomic E-state index is 0.306. The van der Waals surface area contributed by atoms with Gasteiger partial charge >= 0.3 is 0 Å². The van der Waals surface area contributed by atoms with Crippen molar-refractivity contribution in [2.75, 3.05) is 5.32 Å². The maximum Gasteiger partial charge on any atom is 0.126 e. The predicted octanol–water partition coefficient (Wildman–Crippen LogP) is 2.35.